The molecule has 1 aromatic heterocycles. The molecule has 0 aliphatic carbocycles. The lowest BCUT2D eigenvalue weighted by Gasteiger charge is -2.19. The highest BCUT2D eigenvalue weighted by Gasteiger charge is 2.15. The third kappa shape index (κ3) is 6.72. The van der Waals surface area contributed by atoms with E-state index >= 15 is 0 Å². The van der Waals surface area contributed by atoms with Crippen LogP contribution in [-0.2, 0) is 9.53 Å². The van der Waals surface area contributed by atoms with Gasteiger partial charge in [-0.1, -0.05) is 25.0 Å². The molecule has 7 nitrogen and oxygen atoms in total. The Morgan fingerprint density at radius 1 is 1.14 bits per heavy atom. The topological polar surface area (TPSA) is 118 Å². The van der Waals surface area contributed by atoms with Crippen molar-refractivity contribution in [2.75, 3.05) is 6.54 Å². The molecule has 7 heteroatoms. The molecule has 0 unspecified atom stereocenters. The quantitative estimate of drug-likeness (QED) is 0.262. The monoisotopic (exact) mass is 387 g/mol. The molecular weight excluding hydrogens is 358 g/mol. The fourth-order valence-corrected chi connectivity index (χ4v) is 2.74. The second kappa shape index (κ2) is 9.39. The molecule has 152 valence electrons. The minimum absolute atomic E-state index is 0.0454. The van der Waals surface area contributed by atoms with E-state index in [0.717, 1.165) is 31.1 Å². The smallest absolute Gasteiger partial charge is 0.306 e. The van der Waals surface area contributed by atoms with Gasteiger partial charge >= 0.3 is 5.97 Å². The van der Waals surface area contributed by atoms with E-state index in [1.807, 2.05) is 20.8 Å². The number of fused-ring (bicyclic) bond motifs is 1. The van der Waals surface area contributed by atoms with E-state index in [0.29, 0.717) is 24.1 Å². The van der Waals surface area contributed by atoms with Gasteiger partial charge in [-0.2, -0.15) is 0 Å². The van der Waals surface area contributed by atoms with Crippen molar-refractivity contribution in [3.05, 3.63) is 35.6 Å². The molecule has 1 heterocycles. The van der Waals surface area contributed by atoms with Gasteiger partial charge in [0.2, 0.25) is 0 Å². The Kier molecular flexibility index (Phi) is 7.20. The summed E-state index contributed by atoms with van der Waals surface area (Å²) in [5.41, 5.74) is 6.11. The average molecular weight is 387 g/mol. The van der Waals surface area contributed by atoms with Gasteiger partial charge in [0.05, 0.1) is 0 Å². The molecule has 0 fully saturated rings. The van der Waals surface area contributed by atoms with Crippen LogP contribution in [0.15, 0.2) is 28.7 Å². The molecule has 0 saturated carbocycles. The number of esters is 1. The van der Waals surface area contributed by atoms with Crippen LogP contribution in [0.25, 0.3) is 11.0 Å². The number of hydrogen-bond acceptors (Lipinski definition) is 5. The fraction of sp³-hybridized carbons (Fsp3) is 0.476. The summed E-state index contributed by atoms with van der Waals surface area (Å²) in [6, 6.07) is 6.82. The van der Waals surface area contributed by atoms with E-state index in [1.165, 1.54) is 0 Å². The average Bonchev–Trinajstić information content (AvgIpc) is 3.02. The Labute approximate surface area is 165 Å². The molecule has 4 N–H and O–H groups in total. The lowest BCUT2D eigenvalue weighted by molar-refractivity contribution is -0.154. The molecule has 0 bridgehead atoms. The molecule has 28 heavy (non-hydrogen) atoms. The summed E-state index contributed by atoms with van der Waals surface area (Å²) in [7, 11) is 0. The Bertz CT molecular complexity index is 849. The van der Waals surface area contributed by atoms with Gasteiger partial charge in [-0.05, 0) is 45.7 Å². The molecular formula is C21H29N3O4. The van der Waals surface area contributed by atoms with E-state index in [1.54, 1.807) is 24.3 Å². The standard InChI is InChI=1S/C21H29N3O4/c1-21(2,3)28-18(25)8-6-4-5-7-11-24-20(26)17-12-14-9-10-15(19(22)23)13-16(14)27-17/h9-10,12-13H,4-8,11H2,1-3H3,(H3,22,23)(H,24,26). The van der Waals surface area contributed by atoms with Crippen molar-refractivity contribution in [1.82, 2.24) is 5.32 Å². The molecule has 2 rings (SSSR count). The zero-order chi connectivity index (χ0) is 20.7. The Balaban J connectivity index is 1.68. The van der Waals surface area contributed by atoms with Gasteiger partial charge in [0.1, 0.15) is 17.0 Å². The number of nitrogens with two attached hydrogens (primary N) is 1. The number of ether oxygens (including phenoxy) is 1. The molecule has 1 aromatic carbocycles. The van der Waals surface area contributed by atoms with Crippen LogP contribution >= 0.6 is 0 Å². The van der Waals surface area contributed by atoms with Crippen LogP contribution in [0.4, 0.5) is 0 Å². The number of amides is 1. The predicted molar refractivity (Wildman–Crippen MR) is 108 cm³/mol. The number of nitrogens with one attached hydrogen (secondary N) is 2. The van der Waals surface area contributed by atoms with Crippen LogP contribution < -0.4 is 11.1 Å². The number of carbonyl (C=O) groups excluding carboxylic acids is 2. The number of hydrogen-bond donors (Lipinski definition) is 3. The minimum atomic E-state index is -0.439. The van der Waals surface area contributed by atoms with Crippen LogP contribution in [0.1, 0.15) is 69.0 Å². The second-order valence-corrected chi connectivity index (χ2v) is 7.78. The SMILES string of the molecule is CC(C)(C)OC(=O)CCCCCCNC(=O)c1cc2ccc(C(=N)N)cc2o1. The highest BCUT2D eigenvalue weighted by atomic mass is 16.6. The van der Waals surface area contributed by atoms with Crippen molar-refractivity contribution in [2.24, 2.45) is 5.73 Å². The predicted octanol–water partition coefficient (Wildman–Crippen LogP) is 3.74. The first-order valence-electron chi connectivity index (χ1n) is 9.54. The Hall–Kier alpha value is -2.83. The number of nitrogen functional groups attached to an aromatic ring is 1. The Morgan fingerprint density at radius 2 is 1.86 bits per heavy atom. The summed E-state index contributed by atoms with van der Waals surface area (Å²) in [6.07, 6.45) is 3.86. The number of unbranched alkanes of at least 4 members (excludes halogenated alkanes) is 3. The summed E-state index contributed by atoms with van der Waals surface area (Å²) in [5.74, 6) is -0.246. The molecule has 0 radical (unpaired) electrons. The maximum atomic E-state index is 12.2. The maximum absolute atomic E-state index is 12.2. The molecule has 0 atom stereocenters. The zero-order valence-electron chi connectivity index (χ0n) is 16.8. The van der Waals surface area contributed by atoms with Gasteiger partial charge in [-0.3, -0.25) is 15.0 Å². The van der Waals surface area contributed by atoms with Crippen molar-refractivity contribution in [3.63, 3.8) is 0 Å². The highest BCUT2D eigenvalue weighted by Crippen LogP contribution is 2.20. The largest absolute Gasteiger partial charge is 0.460 e. The molecule has 0 saturated heterocycles. The fourth-order valence-electron chi connectivity index (χ4n) is 2.74. The van der Waals surface area contributed by atoms with E-state index in [-0.39, 0.29) is 23.5 Å². The number of furan rings is 1. The van der Waals surface area contributed by atoms with Crippen LogP contribution in [-0.4, -0.2) is 29.9 Å². The van der Waals surface area contributed by atoms with Crippen LogP contribution in [0.5, 0.6) is 0 Å². The summed E-state index contributed by atoms with van der Waals surface area (Å²) < 4.78 is 10.8. The normalized spacial score (nSPS) is 11.4. The first-order valence-corrected chi connectivity index (χ1v) is 9.54. The minimum Gasteiger partial charge on any atom is -0.460 e. The molecule has 0 spiro atoms. The lowest BCUT2D eigenvalue weighted by atomic mass is 10.1. The zero-order valence-corrected chi connectivity index (χ0v) is 16.8. The molecule has 2 aromatic rings. The van der Waals surface area contributed by atoms with Crippen molar-refractivity contribution in [1.29, 1.82) is 5.41 Å². The van der Waals surface area contributed by atoms with E-state index in [9.17, 15) is 9.59 Å². The second-order valence-electron chi connectivity index (χ2n) is 7.78. The van der Waals surface area contributed by atoms with Gasteiger partial charge < -0.3 is 20.2 Å². The molecule has 0 aliphatic heterocycles. The van der Waals surface area contributed by atoms with E-state index in [4.69, 9.17) is 20.3 Å². The molecule has 0 aliphatic rings. The van der Waals surface area contributed by atoms with Crippen molar-refractivity contribution in [3.8, 4) is 0 Å². The Morgan fingerprint density at radius 3 is 2.54 bits per heavy atom. The van der Waals surface area contributed by atoms with Crippen molar-refractivity contribution < 1.29 is 18.7 Å². The first kappa shape index (κ1) is 21.5. The van der Waals surface area contributed by atoms with Gasteiger partial charge in [-0.15, -0.1) is 0 Å². The van der Waals surface area contributed by atoms with E-state index < -0.39 is 5.60 Å². The van der Waals surface area contributed by atoms with Gasteiger partial charge in [0, 0.05) is 23.9 Å². The molecule has 1 amide bonds. The summed E-state index contributed by atoms with van der Waals surface area (Å²) in [4.78, 5) is 23.8. The van der Waals surface area contributed by atoms with E-state index in [2.05, 4.69) is 5.32 Å². The van der Waals surface area contributed by atoms with Gasteiger partial charge in [-0.25, -0.2) is 0 Å². The van der Waals surface area contributed by atoms with Crippen LogP contribution in [0.2, 0.25) is 0 Å². The third-order valence-electron chi connectivity index (χ3n) is 4.07. The summed E-state index contributed by atoms with van der Waals surface area (Å²) in [6.45, 7) is 6.12. The summed E-state index contributed by atoms with van der Waals surface area (Å²) in [5, 5.41) is 11.1. The number of amidine groups is 1. The van der Waals surface area contributed by atoms with Crippen molar-refractivity contribution in [2.45, 2.75) is 58.5 Å². The number of carbonyl (C=O) groups is 2. The number of benzene rings is 1. The van der Waals surface area contributed by atoms with Crippen LogP contribution in [0, 0.1) is 5.41 Å². The van der Waals surface area contributed by atoms with Crippen LogP contribution in [0.3, 0.4) is 0 Å². The first-order chi connectivity index (χ1) is 13.2. The van der Waals surface area contributed by atoms with Crippen molar-refractivity contribution >= 4 is 28.7 Å². The van der Waals surface area contributed by atoms with Gasteiger partial charge in [0.25, 0.3) is 5.91 Å². The van der Waals surface area contributed by atoms with Gasteiger partial charge in [0.15, 0.2) is 5.76 Å². The maximum Gasteiger partial charge on any atom is 0.306 e. The summed E-state index contributed by atoms with van der Waals surface area (Å²) >= 11 is 0. The third-order valence-corrected chi connectivity index (χ3v) is 4.07. The highest BCUT2D eigenvalue weighted by molar-refractivity contribution is 6.00. The lowest BCUT2D eigenvalue weighted by Crippen LogP contribution is -2.24. The number of rotatable bonds is 9.